The summed E-state index contributed by atoms with van der Waals surface area (Å²) in [6.07, 6.45) is 2.43. The number of hydrogen-bond donors (Lipinski definition) is 0. The highest BCUT2D eigenvalue weighted by molar-refractivity contribution is 7.99. The molecule has 0 aliphatic rings. The normalized spacial score (nSPS) is 12.3. The molecule has 0 aliphatic carbocycles. The molecule has 4 aromatic rings. The van der Waals surface area contributed by atoms with Crippen LogP contribution in [-0.4, -0.2) is 11.4 Å². The largest absolute Gasteiger partial charge is 0.153 e. The van der Waals surface area contributed by atoms with Gasteiger partial charge in [0.25, 0.3) is 0 Å². The zero-order chi connectivity index (χ0) is 19.9. The van der Waals surface area contributed by atoms with E-state index < -0.39 is 0 Å². The molecule has 0 radical (unpaired) electrons. The van der Waals surface area contributed by atoms with Gasteiger partial charge in [-0.3, -0.25) is 0 Å². The molecule has 0 amide bonds. The molecule has 0 heterocycles. The Balaban J connectivity index is 1.53. The van der Waals surface area contributed by atoms with Crippen LogP contribution in [0.25, 0.3) is 10.8 Å². The molecule has 0 fully saturated rings. The minimum atomic E-state index is -0.332. The standard InChI is InChI=1S/C27H27PS/c1-2-26(29-21-23-14-11-13-22-12-9-10-19-27(22)23)20-28(24-15-5-3-6-16-24)25-17-7-4-8-18-25/h3-19,26H,2,20-21H2,1H3. The first kappa shape index (κ1) is 20.2. The fourth-order valence-electron chi connectivity index (χ4n) is 3.71. The summed E-state index contributed by atoms with van der Waals surface area (Å²) in [6.45, 7) is 2.34. The van der Waals surface area contributed by atoms with Crippen molar-refractivity contribution in [2.45, 2.75) is 24.3 Å². The van der Waals surface area contributed by atoms with E-state index in [-0.39, 0.29) is 7.92 Å². The third kappa shape index (κ3) is 5.10. The Labute approximate surface area is 180 Å². The lowest BCUT2D eigenvalue weighted by Crippen LogP contribution is -2.19. The minimum absolute atomic E-state index is 0.332. The number of fused-ring (bicyclic) bond motifs is 1. The number of rotatable bonds is 8. The highest BCUT2D eigenvalue weighted by Crippen LogP contribution is 2.39. The first-order valence-electron chi connectivity index (χ1n) is 10.3. The molecule has 1 atom stereocenters. The lowest BCUT2D eigenvalue weighted by molar-refractivity contribution is 0.913. The van der Waals surface area contributed by atoms with Crippen LogP contribution < -0.4 is 10.6 Å². The highest BCUT2D eigenvalue weighted by Gasteiger charge is 2.19. The van der Waals surface area contributed by atoms with Gasteiger partial charge in [-0.2, -0.15) is 11.8 Å². The summed E-state index contributed by atoms with van der Waals surface area (Å²) in [7, 11) is -0.332. The molecule has 0 spiro atoms. The fraction of sp³-hybridized carbons (Fsp3) is 0.185. The van der Waals surface area contributed by atoms with Crippen molar-refractivity contribution in [2.24, 2.45) is 0 Å². The Bertz CT molecular complexity index is 985. The average molecular weight is 415 g/mol. The predicted molar refractivity (Wildman–Crippen MR) is 133 cm³/mol. The van der Waals surface area contributed by atoms with Crippen LogP contribution in [-0.2, 0) is 5.75 Å². The van der Waals surface area contributed by atoms with E-state index in [2.05, 4.69) is 122 Å². The maximum absolute atomic E-state index is 2.34. The van der Waals surface area contributed by atoms with Crippen molar-refractivity contribution in [3.8, 4) is 0 Å². The molecule has 1 unspecified atom stereocenters. The summed E-state index contributed by atoms with van der Waals surface area (Å²) in [5, 5.41) is 6.36. The number of benzene rings is 4. The smallest absolute Gasteiger partial charge is 0.0193 e. The monoisotopic (exact) mass is 414 g/mol. The Morgan fingerprint density at radius 2 is 1.28 bits per heavy atom. The summed E-state index contributed by atoms with van der Waals surface area (Å²) < 4.78 is 0. The predicted octanol–water partition coefficient (Wildman–Crippen LogP) is 6.98. The Morgan fingerprint density at radius 3 is 1.93 bits per heavy atom. The van der Waals surface area contributed by atoms with Crippen molar-refractivity contribution in [3.63, 3.8) is 0 Å². The summed E-state index contributed by atoms with van der Waals surface area (Å²) in [6, 6.07) is 37.6. The Morgan fingerprint density at radius 1 is 0.690 bits per heavy atom. The second-order valence-electron chi connectivity index (χ2n) is 7.26. The van der Waals surface area contributed by atoms with Crippen LogP contribution in [0.1, 0.15) is 18.9 Å². The average Bonchev–Trinajstić information content (AvgIpc) is 2.80. The summed E-state index contributed by atoms with van der Waals surface area (Å²) in [4.78, 5) is 0. The molecule has 0 saturated heterocycles. The zero-order valence-corrected chi connectivity index (χ0v) is 18.6. The van der Waals surface area contributed by atoms with Gasteiger partial charge in [-0.25, -0.2) is 0 Å². The second kappa shape index (κ2) is 10.1. The molecule has 4 aromatic carbocycles. The summed E-state index contributed by atoms with van der Waals surface area (Å²) in [5.41, 5.74) is 1.45. The lowest BCUT2D eigenvalue weighted by atomic mass is 10.1. The van der Waals surface area contributed by atoms with Crippen molar-refractivity contribution < 1.29 is 0 Å². The van der Waals surface area contributed by atoms with E-state index in [1.165, 1.54) is 39.5 Å². The fourth-order valence-corrected chi connectivity index (χ4v) is 7.93. The zero-order valence-electron chi connectivity index (χ0n) is 16.9. The number of thioether (sulfide) groups is 1. The van der Waals surface area contributed by atoms with Crippen molar-refractivity contribution in [1.82, 2.24) is 0 Å². The van der Waals surface area contributed by atoms with E-state index in [0.29, 0.717) is 5.25 Å². The lowest BCUT2D eigenvalue weighted by Gasteiger charge is -2.24. The summed E-state index contributed by atoms with van der Waals surface area (Å²) >= 11 is 2.12. The number of hydrogen-bond acceptors (Lipinski definition) is 1. The molecule has 0 nitrogen and oxygen atoms in total. The Kier molecular flexibility index (Phi) is 7.04. The van der Waals surface area contributed by atoms with Gasteiger partial charge in [-0.05, 0) is 47.4 Å². The Hall–Kier alpha value is -2.08. The van der Waals surface area contributed by atoms with Gasteiger partial charge in [0.05, 0.1) is 0 Å². The van der Waals surface area contributed by atoms with E-state index in [0.717, 1.165) is 5.75 Å². The molecule has 4 rings (SSSR count). The van der Waals surface area contributed by atoms with Crippen molar-refractivity contribution in [2.75, 3.05) is 6.16 Å². The van der Waals surface area contributed by atoms with Crippen LogP contribution in [0.5, 0.6) is 0 Å². The van der Waals surface area contributed by atoms with E-state index in [9.17, 15) is 0 Å². The van der Waals surface area contributed by atoms with Gasteiger partial charge in [-0.1, -0.05) is 110 Å². The van der Waals surface area contributed by atoms with E-state index in [1.807, 2.05) is 0 Å². The van der Waals surface area contributed by atoms with Gasteiger partial charge in [0, 0.05) is 11.0 Å². The quantitative estimate of drug-likeness (QED) is 0.280. The molecule has 2 heteroatoms. The molecule has 29 heavy (non-hydrogen) atoms. The van der Waals surface area contributed by atoms with Crippen LogP contribution in [0.3, 0.4) is 0 Å². The van der Waals surface area contributed by atoms with Gasteiger partial charge in [0.1, 0.15) is 0 Å². The maximum Gasteiger partial charge on any atom is 0.0193 e. The van der Waals surface area contributed by atoms with Gasteiger partial charge >= 0.3 is 0 Å². The first-order valence-corrected chi connectivity index (χ1v) is 12.9. The minimum Gasteiger partial charge on any atom is -0.153 e. The highest BCUT2D eigenvalue weighted by atomic mass is 32.2. The van der Waals surface area contributed by atoms with Gasteiger partial charge < -0.3 is 0 Å². The van der Waals surface area contributed by atoms with Gasteiger partial charge in [0.15, 0.2) is 0 Å². The van der Waals surface area contributed by atoms with E-state index in [1.54, 1.807) is 0 Å². The van der Waals surface area contributed by atoms with Crippen LogP contribution in [0.15, 0.2) is 103 Å². The molecule has 0 aromatic heterocycles. The maximum atomic E-state index is 2.34. The second-order valence-corrected chi connectivity index (χ2v) is 10.8. The first-order chi connectivity index (χ1) is 14.3. The third-order valence-electron chi connectivity index (χ3n) is 5.33. The molecule has 0 N–H and O–H groups in total. The van der Waals surface area contributed by atoms with Crippen molar-refractivity contribution >= 4 is 41.1 Å². The van der Waals surface area contributed by atoms with E-state index >= 15 is 0 Å². The molecule has 0 bridgehead atoms. The van der Waals surface area contributed by atoms with Crippen LogP contribution in [0, 0.1) is 0 Å². The van der Waals surface area contributed by atoms with Gasteiger partial charge in [0.2, 0.25) is 0 Å². The van der Waals surface area contributed by atoms with Crippen LogP contribution in [0.2, 0.25) is 0 Å². The summed E-state index contributed by atoms with van der Waals surface area (Å²) in [5.74, 6) is 1.08. The molecule has 0 saturated carbocycles. The molecular formula is C27H27PS. The van der Waals surface area contributed by atoms with E-state index in [4.69, 9.17) is 0 Å². The molecule has 0 aliphatic heterocycles. The molecular weight excluding hydrogens is 387 g/mol. The SMILES string of the molecule is CCC(CP(c1ccccc1)c1ccccc1)SCc1cccc2ccccc12. The van der Waals surface area contributed by atoms with Crippen LogP contribution in [0.4, 0.5) is 0 Å². The van der Waals surface area contributed by atoms with Crippen molar-refractivity contribution in [1.29, 1.82) is 0 Å². The topological polar surface area (TPSA) is 0 Å². The van der Waals surface area contributed by atoms with Crippen LogP contribution >= 0.6 is 19.7 Å². The molecule has 146 valence electrons. The van der Waals surface area contributed by atoms with Crippen molar-refractivity contribution in [3.05, 3.63) is 109 Å². The van der Waals surface area contributed by atoms with Gasteiger partial charge in [-0.15, -0.1) is 0 Å². The third-order valence-corrected chi connectivity index (χ3v) is 9.68.